The fourth-order valence-electron chi connectivity index (χ4n) is 4.74. The lowest BCUT2D eigenvalue weighted by atomic mass is 9.67. The number of hydrogen-bond acceptors (Lipinski definition) is 3. The first-order valence-electron chi connectivity index (χ1n) is 6.91. The Balaban J connectivity index is 1.99. The molecule has 0 radical (unpaired) electrons. The first-order chi connectivity index (χ1) is 8.75. The summed E-state index contributed by atoms with van der Waals surface area (Å²) in [5.74, 6) is -0.279. The third-order valence-corrected chi connectivity index (χ3v) is 5.50. The van der Waals surface area contributed by atoms with E-state index < -0.39 is 11.9 Å². The Morgan fingerprint density at radius 3 is 2.42 bits per heavy atom. The lowest BCUT2D eigenvalue weighted by Gasteiger charge is -2.48. The van der Waals surface area contributed by atoms with Gasteiger partial charge >= 0.3 is 6.03 Å². The molecule has 4 amide bonds. The van der Waals surface area contributed by atoms with Crippen molar-refractivity contribution in [3.8, 4) is 0 Å². The summed E-state index contributed by atoms with van der Waals surface area (Å²) in [5, 5.41) is 2.28. The van der Waals surface area contributed by atoms with Crippen LogP contribution < -0.4 is 5.32 Å². The minimum absolute atomic E-state index is 0.00154. The molecule has 0 aromatic heterocycles. The van der Waals surface area contributed by atoms with Crippen molar-refractivity contribution in [2.45, 2.75) is 52.5 Å². The Hall–Kier alpha value is -1.39. The minimum Gasteiger partial charge on any atom is -0.277 e. The molecule has 104 valence electrons. The molecule has 1 N–H and O–H groups in total. The molecule has 0 aromatic carbocycles. The van der Waals surface area contributed by atoms with Gasteiger partial charge in [0.05, 0.1) is 6.04 Å². The summed E-state index contributed by atoms with van der Waals surface area (Å²) in [4.78, 5) is 36.8. The van der Waals surface area contributed by atoms with Crippen LogP contribution in [-0.2, 0) is 9.59 Å². The van der Waals surface area contributed by atoms with E-state index in [1.807, 2.05) is 0 Å². The number of barbiturate groups is 1. The van der Waals surface area contributed by atoms with Crippen LogP contribution in [0.1, 0.15) is 46.5 Å². The molecular formula is C14H20N2O3. The Morgan fingerprint density at radius 2 is 1.89 bits per heavy atom. The standard InChI is InChI=1S/C14H20N2O3/c1-13(2)8-4-5-14(3,7-8)11(13)16-10(18)6-9(17)15-12(16)19/h8,11H,4-7H2,1-3H3,(H,15,17,19). The zero-order chi connectivity index (χ0) is 14.0. The topological polar surface area (TPSA) is 66.5 Å². The maximum absolute atomic E-state index is 12.2. The van der Waals surface area contributed by atoms with Gasteiger partial charge in [-0.2, -0.15) is 0 Å². The second-order valence-electron chi connectivity index (χ2n) is 7.11. The van der Waals surface area contributed by atoms with Gasteiger partial charge in [-0.15, -0.1) is 0 Å². The predicted octanol–water partition coefficient (Wildman–Crippen LogP) is 1.67. The highest BCUT2D eigenvalue weighted by molar-refractivity contribution is 6.14. The summed E-state index contributed by atoms with van der Waals surface area (Å²) in [5.41, 5.74) is -0.0675. The van der Waals surface area contributed by atoms with Crippen LogP contribution in [0.2, 0.25) is 0 Å². The van der Waals surface area contributed by atoms with Gasteiger partial charge in [0.15, 0.2) is 0 Å². The normalized spacial score (nSPS) is 40.8. The highest BCUT2D eigenvalue weighted by atomic mass is 16.2. The molecule has 2 aliphatic carbocycles. The first kappa shape index (κ1) is 12.6. The molecule has 2 saturated carbocycles. The van der Waals surface area contributed by atoms with Crippen LogP contribution in [0.25, 0.3) is 0 Å². The Kier molecular flexibility index (Phi) is 2.38. The second kappa shape index (κ2) is 3.58. The molecule has 5 nitrogen and oxygen atoms in total. The molecule has 3 rings (SSSR count). The summed E-state index contributed by atoms with van der Waals surface area (Å²) < 4.78 is 0. The van der Waals surface area contributed by atoms with E-state index >= 15 is 0 Å². The Bertz CT molecular complexity index is 460. The van der Waals surface area contributed by atoms with Gasteiger partial charge in [-0.1, -0.05) is 20.8 Å². The molecule has 5 heteroatoms. The molecule has 3 atom stereocenters. The monoisotopic (exact) mass is 264 g/mol. The zero-order valence-corrected chi connectivity index (χ0v) is 11.7. The molecule has 1 heterocycles. The average molecular weight is 264 g/mol. The maximum Gasteiger partial charge on any atom is 0.331 e. The zero-order valence-electron chi connectivity index (χ0n) is 11.7. The van der Waals surface area contributed by atoms with Crippen LogP contribution in [0.4, 0.5) is 4.79 Å². The molecule has 3 aliphatic rings. The lowest BCUT2D eigenvalue weighted by Crippen LogP contribution is -2.63. The highest BCUT2D eigenvalue weighted by Crippen LogP contribution is 2.64. The molecule has 2 bridgehead atoms. The number of carbonyl (C=O) groups is 3. The van der Waals surface area contributed by atoms with Gasteiger partial charge in [-0.05, 0) is 36.0 Å². The summed E-state index contributed by atoms with van der Waals surface area (Å²) in [6, 6.07) is -0.632. The average Bonchev–Trinajstić information content (AvgIpc) is 2.73. The van der Waals surface area contributed by atoms with Gasteiger partial charge in [0, 0.05) is 0 Å². The molecule has 19 heavy (non-hydrogen) atoms. The molecule has 0 aromatic rings. The molecule has 1 saturated heterocycles. The third kappa shape index (κ3) is 1.56. The second-order valence-corrected chi connectivity index (χ2v) is 7.11. The number of nitrogens with zero attached hydrogens (tertiary/aromatic N) is 1. The molecular weight excluding hydrogens is 244 g/mol. The van der Waals surface area contributed by atoms with E-state index in [-0.39, 0.29) is 29.2 Å². The Morgan fingerprint density at radius 1 is 1.21 bits per heavy atom. The lowest BCUT2D eigenvalue weighted by molar-refractivity contribution is -0.142. The minimum atomic E-state index is -0.534. The van der Waals surface area contributed by atoms with Crippen LogP contribution >= 0.6 is 0 Å². The van der Waals surface area contributed by atoms with Crippen molar-refractivity contribution in [1.29, 1.82) is 0 Å². The fraction of sp³-hybridized carbons (Fsp3) is 0.786. The van der Waals surface area contributed by atoms with Crippen molar-refractivity contribution < 1.29 is 14.4 Å². The first-order valence-corrected chi connectivity index (χ1v) is 6.91. The van der Waals surface area contributed by atoms with E-state index in [2.05, 4.69) is 26.1 Å². The summed E-state index contributed by atoms with van der Waals surface area (Å²) >= 11 is 0. The maximum atomic E-state index is 12.2. The molecule has 3 fully saturated rings. The van der Waals surface area contributed by atoms with Crippen LogP contribution in [0.3, 0.4) is 0 Å². The molecule has 0 spiro atoms. The quantitative estimate of drug-likeness (QED) is 0.733. The number of fused-ring (bicyclic) bond motifs is 2. The third-order valence-electron chi connectivity index (χ3n) is 5.50. The number of urea groups is 1. The number of amides is 4. The smallest absolute Gasteiger partial charge is 0.277 e. The number of nitrogens with one attached hydrogen (secondary N) is 1. The van der Waals surface area contributed by atoms with E-state index in [0.717, 1.165) is 12.8 Å². The van der Waals surface area contributed by atoms with Crippen LogP contribution in [0.15, 0.2) is 0 Å². The molecule has 3 unspecified atom stereocenters. The summed E-state index contributed by atoms with van der Waals surface area (Å²) in [7, 11) is 0. The number of rotatable bonds is 1. The van der Waals surface area contributed by atoms with Crippen LogP contribution in [0, 0.1) is 16.7 Å². The van der Waals surface area contributed by atoms with Gasteiger partial charge in [-0.3, -0.25) is 19.8 Å². The van der Waals surface area contributed by atoms with Crippen molar-refractivity contribution in [3.63, 3.8) is 0 Å². The SMILES string of the molecule is CC12CCC(C1)C(C)(C)C2N1C(=O)CC(=O)NC1=O. The van der Waals surface area contributed by atoms with Gasteiger partial charge in [0.1, 0.15) is 6.42 Å². The highest BCUT2D eigenvalue weighted by Gasteiger charge is 2.63. The van der Waals surface area contributed by atoms with Crippen LogP contribution in [-0.4, -0.2) is 28.8 Å². The predicted molar refractivity (Wildman–Crippen MR) is 68.0 cm³/mol. The number of imide groups is 2. The van der Waals surface area contributed by atoms with Gasteiger partial charge in [-0.25, -0.2) is 4.79 Å². The summed E-state index contributed by atoms with van der Waals surface area (Å²) in [6.07, 6.45) is 3.08. The van der Waals surface area contributed by atoms with Crippen LogP contribution in [0.5, 0.6) is 0 Å². The number of carbonyl (C=O) groups excluding carboxylic acids is 3. The van der Waals surface area contributed by atoms with E-state index in [1.165, 1.54) is 11.3 Å². The number of hydrogen-bond donors (Lipinski definition) is 1. The fourth-order valence-corrected chi connectivity index (χ4v) is 4.74. The van der Waals surface area contributed by atoms with E-state index in [1.54, 1.807) is 0 Å². The van der Waals surface area contributed by atoms with E-state index in [9.17, 15) is 14.4 Å². The van der Waals surface area contributed by atoms with Crippen molar-refractivity contribution in [2.24, 2.45) is 16.7 Å². The summed E-state index contributed by atoms with van der Waals surface area (Å²) in [6.45, 7) is 6.46. The Labute approximate surface area is 112 Å². The van der Waals surface area contributed by atoms with Gasteiger partial charge < -0.3 is 0 Å². The van der Waals surface area contributed by atoms with Crippen molar-refractivity contribution in [2.75, 3.05) is 0 Å². The van der Waals surface area contributed by atoms with Crippen molar-refractivity contribution in [3.05, 3.63) is 0 Å². The van der Waals surface area contributed by atoms with Gasteiger partial charge in [0.2, 0.25) is 11.8 Å². The largest absolute Gasteiger partial charge is 0.331 e. The van der Waals surface area contributed by atoms with E-state index in [0.29, 0.717) is 5.92 Å². The van der Waals surface area contributed by atoms with Crippen molar-refractivity contribution in [1.82, 2.24) is 10.2 Å². The van der Waals surface area contributed by atoms with Gasteiger partial charge in [0.25, 0.3) is 0 Å². The van der Waals surface area contributed by atoms with Crippen molar-refractivity contribution >= 4 is 17.8 Å². The van der Waals surface area contributed by atoms with E-state index in [4.69, 9.17) is 0 Å². The molecule has 1 aliphatic heterocycles.